The molecule has 0 aromatic heterocycles. The summed E-state index contributed by atoms with van der Waals surface area (Å²) in [5.41, 5.74) is 2.74. The Kier molecular flexibility index (Phi) is 5.08. The van der Waals surface area contributed by atoms with Crippen LogP contribution in [0.15, 0.2) is 24.3 Å². The van der Waals surface area contributed by atoms with Gasteiger partial charge in [-0.05, 0) is 17.5 Å². The minimum absolute atomic E-state index is 0.0879. The summed E-state index contributed by atoms with van der Waals surface area (Å²) in [6.45, 7) is 3.22. The van der Waals surface area contributed by atoms with E-state index in [2.05, 4.69) is 41.8 Å². The summed E-state index contributed by atoms with van der Waals surface area (Å²) >= 11 is 1.92. The van der Waals surface area contributed by atoms with Gasteiger partial charge in [-0.1, -0.05) is 31.2 Å². The smallest absolute Gasteiger partial charge is 0.233 e. The van der Waals surface area contributed by atoms with Crippen LogP contribution in [0.5, 0.6) is 0 Å². The van der Waals surface area contributed by atoms with Crippen molar-refractivity contribution in [1.82, 2.24) is 10.6 Å². The molecule has 98 valence electrons. The van der Waals surface area contributed by atoms with Gasteiger partial charge in [0.2, 0.25) is 5.91 Å². The van der Waals surface area contributed by atoms with E-state index in [4.69, 9.17) is 0 Å². The van der Waals surface area contributed by atoms with Crippen LogP contribution in [0.1, 0.15) is 30.5 Å². The minimum atomic E-state index is 0.0879. The maximum absolute atomic E-state index is 11.6. The summed E-state index contributed by atoms with van der Waals surface area (Å²) in [4.78, 5) is 11.6. The lowest BCUT2D eigenvalue weighted by atomic mass is 10.0. The van der Waals surface area contributed by atoms with Gasteiger partial charge in [0, 0.05) is 24.1 Å². The summed E-state index contributed by atoms with van der Waals surface area (Å²) in [5, 5.41) is 6.24. The highest BCUT2D eigenvalue weighted by Crippen LogP contribution is 2.31. The van der Waals surface area contributed by atoms with E-state index in [1.807, 2.05) is 11.8 Å². The molecule has 18 heavy (non-hydrogen) atoms. The van der Waals surface area contributed by atoms with Crippen molar-refractivity contribution < 1.29 is 4.79 Å². The number of nitrogens with one attached hydrogen (secondary N) is 2. The van der Waals surface area contributed by atoms with E-state index >= 15 is 0 Å². The van der Waals surface area contributed by atoms with Crippen LogP contribution >= 0.6 is 11.8 Å². The first kappa shape index (κ1) is 13.4. The number of rotatable bonds is 5. The van der Waals surface area contributed by atoms with Crippen molar-refractivity contribution >= 4 is 17.7 Å². The fraction of sp³-hybridized carbons (Fsp3) is 0.500. The molecule has 0 fully saturated rings. The lowest BCUT2D eigenvalue weighted by Gasteiger charge is -2.25. The summed E-state index contributed by atoms with van der Waals surface area (Å²) in [7, 11) is 0. The van der Waals surface area contributed by atoms with Gasteiger partial charge in [-0.15, -0.1) is 0 Å². The first-order valence-electron chi connectivity index (χ1n) is 6.47. The Balaban J connectivity index is 1.89. The Labute approximate surface area is 113 Å². The second kappa shape index (κ2) is 6.81. The van der Waals surface area contributed by atoms with Gasteiger partial charge in [-0.2, -0.15) is 11.8 Å². The standard InChI is InChI=1S/C14H20N2OS/c1-2-7-15-14(17)8-16-13-10-18-9-11-5-3-4-6-12(11)13/h3-6,13,16H,2,7-10H2,1H3,(H,15,17). The second-order valence-corrected chi connectivity index (χ2v) is 5.53. The Hall–Kier alpha value is -1.00. The van der Waals surface area contributed by atoms with Crippen molar-refractivity contribution in [1.29, 1.82) is 0 Å². The third kappa shape index (κ3) is 3.50. The predicted molar refractivity (Wildman–Crippen MR) is 76.6 cm³/mol. The maximum atomic E-state index is 11.6. The summed E-state index contributed by atoms with van der Waals surface area (Å²) in [6, 6.07) is 8.78. The molecule has 1 heterocycles. The van der Waals surface area contributed by atoms with Gasteiger partial charge < -0.3 is 10.6 Å². The molecule has 0 radical (unpaired) electrons. The summed E-state index contributed by atoms with van der Waals surface area (Å²) < 4.78 is 0. The van der Waals surface area contributed by atoms with Crippen LogP contribution in [0.3, 0.4) is 0 Å². The largest absolute Gasteiger partial charge is 0.355 e. The molecule has 2 rings (SSSR count). The molecule has 1 atom stereocenters. The monoisotopic (exact) mass is 264 g/mol. The third-order valence-electron chi connectivity index (χ3n) is 3.05. The topological polar surface area (TPSA) is 41.1 Å². The minimum Gasteiger partial charge on any atom is -0.355 e. The third-order valence-corrected chi connectivity index (χ3v) is 4.14. The van der Waals surface area contributed by atoms with Gasteiger partial charge in [0.15, 0.2) is 0 Å². The molecule has 3 nitrogen and oxygen atoms in total. The molecule has 1 amide bonds. The number of carbonyl (C=O) groups excluding carboxylic acids is 1. The van der Waals surface area contributed by atoms with E-state index in [0.29, 0.717) is 12.6 Å². The molecule has 0 aliphatic carbocycles. The molecule has 0 saturated heterocycles. The highest BCUT2D eigenvalue weighted by atomic mass is 32.2. The van der Waals surface area contributed by atoms with Crippen molar-refractivity contribution in [3.8, 4) is 0 Å². The zero-order valence-electron chi connectivity index (χ0n) is 10.7. The molecular formula is C14H20N2OS. The van der Waals surface area contributed by atoms with Crippen molar-refractivity contribution in [2.24, 2.45) is 0 Å². The lowest BCUT2D eigenvalue weighted by molar-refractivity contribution is -0.120. The average molecular weight is 264 g/mol. The SMILES string of the molecule is CCCNC(=O)CNC1CSCc2ccccc21. The van der Waals surface area contributed by atoms with Crippen molar-refractivity contribution in [3.63, 3.8) is 0 Å². The fourth-order valence-electron chi connectivity index (χ4n) is 2.09. The summed E-state index contributed by atoms with van der Waals surface area (Å²) in [6.07, 6.45) is 0.980. The highest BCUT2D eigenvalue weighted by Gasteiger charge is 2.19. The van der Waals surface area contributed by atoms with Gasteiger partial charge in [-0.25, -0.2) is 0 Å². The van der Waals surface area contributed by atoms with Gasteiger partial charge in [-0.3, -0.25) is 4.79 Å². The highest BCUT2D eigenvalue weighted by molar-refractivity contribution is 7.98. The van der Waals surface area contributed by atoms with Gasteiger partial charge >= 0.3 is 0 Å². The van der Waals surface area contributed by atoms with Crippen LogP contribution in [0.25, 0.3) is 0 Å². The second-order valence-electron chi connectivity index (χ2n) is 4.50. The van der Waals surface area contributed by atoms with Gasteiger partial charge in [0.25, 0.3) is 0 Å². The van der Waals surface area contributed by atoms with Crippen molar-refractivity contribution in [2.45, 2.75) is 25.1 Å². The molecule has 1 aromatic carbocycles. The molecule has 0 saturated carbocycles. The molecule has 0 spiro atoms. The molecule has 1 aliphatic rings. The van der Waals surface area contributed by atoms with E-state index in [1.54, 1.807) is 0 Å². The molecule has 1 unspecified atom stereocenters. The summed E-state index contributed by atoms with van der Waals surface area (Å²) in [5.74, 6) is 2.21. The van der Waals surface area contributed by atoms with Crippen LogP contribution in [-0.2, 0) is 10.5 Å². The quantitative estimate of drug-likeness (QED) is 0.855. The number of carbonyl (C=O) groups is 1. The fourth-order valence-corrected chi connectivity index (χ4v) is 3.23. The number of hydrogen-bond donors (Lipinski definition) is 2. The number of fused-ring (bicyclic) bond motifs is 1. The Morgan fingerprint density at radius 2 is 2.28 bits per heavy atom. The van der Waals surface area contributed by atoms with Crippen LogP contribution in [-0.4, -0.2) is 24.7 Å². The number of amides is 1. The molecule has 0 bridgehead atoms. The van der Waals surface area contributed by atoms with Crippen molar-refractivity contribution in [2.75, 3.05) is 18.8 Å². The van der Waals surface area contributed by atoms with Crippen LogP contribution in [0.4, 0.5) is 0 Å². The van der Waals surface area contributed by atoms with E-state index in [1.165, 1.54) is 11.1 Å². The van der Waals surface area contributed by atoms with E-state index in [-0.39, 0.29) is 5.91 Å². The molecule has 2 N–H and O–H groups in total. The molecule has 1 aliphatic heterocycles. The molecule has 4 heteroatoms. The first-order valence-corrected chi connectivity index (χ1v) is 7.62. The Morgan fingerprint density at radius 1 is 1.44 bits per heavy atom. The zero-order valence-corrected chi connectivity index (χ0v) is 11.6. The predicted octanol–water partition coefficient (Wildman–Crippen LogP) is 2.09. The Morgan fingerprint density at radius 3 is 3.11 bits per heavy atom. The van der Waals surface area contributed by atoms with Crippen molar-refractivity contribution in [3.05, 3.63) is 35.4 Å². The van der Waals surface area contributed by atoms with Gasteiger partial charge in [0.1, 0.15) is 0 Å². The average Bonchev–Trinajstić information content (AvgIpc) is 2.42. The number of benzene rings is 1. The normalized spacial score (nSPS) is 18.2. The van der Waals surface area contributed by atoms with E-state index in [9.17, 15) is 4.79 Å². The van der Waals surface area contributed by atoms with Gasteiger partial charge in [0.05, 0.1) is 6.54 Å². The van der Waals surface area contributed by atoms with Crippen LogP contribution < -0.4 is 10.6 Å². The first-order chi connectivity index (χ1) is 8.81. The molecular weight excluding hydrogens is 244 g/mol. The molecule has 1 aromatic rings. The van der Waals surface area contributed by atoms with Crippen LogP contribution in [0.2, 0.25) is 0 Å². The van der Waals surface area contributed by atoms with E-state index in [0.717, 1.165) is 24.5 Å². The van der Waals surface area contributed by atoms with Crippen LogP contribution in [0, 0.1) is 0 Å². The number of hydrogen-bond acceptors (Lipinski definition) is 3. The number of thioether (sulfide) groups is 1. The Bertz CT molecular complexity index is 409. The zero-order chi connectivity index (χ0) is 12.8. The lowest BCUT2D eigenvalue weighted by Crippen LogP contribution is -2.37. The van der Waals surface area contributed by atoms with E-state index < -0.39 is 0 Å². The maximum Gasteiger partial charge on any atom is 0.233 e.